The summed E-state index contributed by atoms with van der Waals surface area (Å²) in [6.07, 6.45) is 0. The van der Waals surface area contributed by atoms with Gasteiger partial charge in [0.25, 0.3) is 0 Å². The lowest BCUT2D eigenvalue weighted by molar-refractivity contribution is 0.0602. The van der Waals surface area contributed by atoms with Gasteiger partial charge >= 0.3 is 5.97 Å². The number of rotatable bonds is 4. The first-order valence-electron chi connectivity index (χ1n) is 4.51. The number of carbonyl (C=O) groups is 1. The summed E-state index contributed by atoms with van der Waals surface area (Å²) in [6, 6.07) is 5.32. The second-order valence-electron chi connectivity index (χ2n) is 2.90. The molecule has 82 valence electrons. The average molecular weight is 273 g/mol. The fraction of sp³-hybridized carbons (Fsp3) is 0.300. The van der Waals surface area contributed by atoms with E-state index in [0.29, 0.717) is 18.7 Å². The standard InChI is InChI=1S/C10H13BrN2O2/c1-15-10(14)8-3-2-7(11)6-9(8)13-5-4-12/h2-3,6,13H,4-5,12H2,1H3. The Morgan fingerprint density at radius 2 is 2.33 bits per heavy atom. The third-order valence-corrected chi connectivity index (χ3v) is 2.34. The maximum absolute atomic E-state index is 11.4. The van der Waals surface area contributed by atoms with E-state index < -0.39 is 0 Å². The number of hydrogen-bond acceptors (Lipinski definition) is 4. The molecule has 0 atom stereocenters. The summed E-state index contributed by atoms with van der Waals surface area (Å²) in [7, 11) is 1.36. The molecular weight excluding hydrogens is 260 g/mol. The number of carbonyl (C=O) groups excluding carboxylic acids is 1. The summed E-state index contributed by atoms with van der Waals surface area (Å²) in [5.41, 5.74) is 6.61. The monoisotopic (exact) mass is 272 g/mol. The van der Waals surface area contributed by atoms with E-state index in [4.69, 9.17) is 5.73 Å². The van der Waals surface area contributed by atoms with Gasteiger partial charge in [-0.25, -0.2) is 4.79 Å². The van der Waals surface area contributed by atoms with Crippen LogP contribution in [0.2, 0.25) is 0 Å². The SMILES string of the molecule is COC(=O)c1ccc(Br)cc1NCCN. The molecule has 0 saturated heterocycles. The van der Waals surface area contributed by atoms with Gasteiger partial charge in [0.2, 0.25) is 0 Å². The molecule has 15 heavy (non-hydrogen) atoms. The molecule has 5 heteroatoms. The molecule has 1 aromatic rings. The fourth-order valence-corrected chi connectivity index (χ4v) is 1.52. The third-order valence-electron chi connectivity index (χ3n) is 1.85. The highest BCUT2D eigenvalue weighted by atomic mass is 79.9. The van der Waals surface area contributed by atoms with Gasteiger partial charge in [-0.05, 0) is 18.2 Å². The Bertz CT molecular complexity index is 355. The lowest BCUT2D eigenvalue weighted by atomic mass is 10.2. The summed E-state index contributed by atoms with van der Waals surface area (Å²) < 4.78 is 5.57. The van der Waals surface area contributed by atoms with Gasteiger partial charge in [-0.1, -0.05) is 15.9 Å². The van der Waals surface area contributed by atoms with E-state index in [1.807, 2.05) is 6.07 Å². The van der Waals surface area contributed by atoms with Crippen LogP contribution in [-0.2, 0) is 4.74 Å². The second-order valence-corrected chi connectivity index (χ2v) is 3.81. The Hall–Kier alpha value is -1.07. The van der Waals surface area contributed by atoms with Gasteiger partial charge in [0, 0.05) is 23.2 Å². The smallest absolute Gasteiger partial charge is 0.339 e. The van der Waals surface area contributed by atoms with Crippen LogP contribution in [0.15, 0.2) is 22.7 Å². The third kappa shape index (κ3) is 3.21. The molecule has 0 aliphatic rings. The van der Waals surface area contributed by atoms with Crippen LogP contribution in [0.4, 0.5) is 5.69 Å². The van der Waals surface area contributed by atoms with Crippen molar-refractivity contribution >= 4 is 27.6 Å². The Kier molecular flexibility index (Phi) is 4.58. The normalized spacial score (nSPS) is 9.80. The van der Waals surface area contributed by atoms with Gasteiger partial charge in [-0.15, -0.1) is 0 Å². The van der Waals surface area contributed by atoms with Gasteiger partial charge in [0.15, 0.2) is 0 Å². The molecule has 0 fully saturated rings. The van der Waals surface area contributed by atoms with Crippen molar-refractivity contribution in [2.45, 2.75) is 0 Å². The first-order chi connectivity index (χ1) is 7.19. The van der Waals surface area contributed by atoms with Crippen molar-refractivity contribution in [3.05, 3.63) is 28.2 Å². The number of benzene rings is 1. The van der Waals surface area contributed by atoms with Crippen molar-refractivity contribution < 1.29 is 9.53 Å². The van der Waals surface area contributed by atoms with Gasteiger partial charge in [-0.2, -0.15) is 0 Å². The number of nitrogens with two attached hydrogens (primary N) is 1. The zero-order chi connectivity index (χ0) is 11.3. The zero-order valence-electron chi connectivity index (χ0n) is 8.42. The molecule has 0 aromatic heterocycles. The minimum Gasteiger partial charge on any atom is -0.465 e. The Morgan fingerprint density at radius 3 is 2.93 bits per heavy atom. The minimum atomic E-state index is -0.359. The predicted molar refractivity (Wildman–Crippen MR) is 63.0 cm³/mol. The summed E-state index contributed by atoms with van der Waals surface area (Å²) in [5.74, 6) is -0.359. The van der Waals surface area contributed by atoms with E-state index >= 15 is 0 Å². The van der Waals surface area contributed by atoms with E-state index in [-0.39, 0.29) is 5.97 Å². The van der Waals surface area contributed by atoms with Gasteiger partial charge in [-0.3, -0.25) is 0 Å². The van der Waals surface area contributed by atoms with Crippen LogP contribution < -0.4 is 11.1 Å². The summed E-state index contributed by atoms with van der Waals surface area (Å²) in [5, 5.41) is 3.06. The Balaban J connectivity index is 2.97. The van der Waals surface area contributed by atoms with Crippen molar-refractivity contribution in [1.29, 1.82) is 0 Å². The molecule has 0 amide bonds. The van der Waals surface area contributed by atoms with Crippen LogP contribution in [-0.4, -0.2) is 26.2 Å². The molecule has 0 radical (unpaired) electrons. The van der Waals surface area contributed by atoms with E-state index in [2.05, 4.69) is 26.0 Å². The second kappa shape index (κ2) is 5.72. The molecule has 0 aliphatic carbocycles. The molecule has 0 aliphatic heterocycles. The van der Waals surface area contributed by atoms with Crippen molar-refractivity contribution in [3.63, 3.8) is 0 Å². The first kappa shape index (κ1) is 12.0. The first-order valence-corrected chi connectivity index (χ1v) is 5.30. The van der Waals surface area contributed by atoms with E-state index in [9.17, 15) is 4.79 Å². The predicted octanol–water partition coefficient (Wildman–Crippen LogP) is 1.61. The minimum absolute atomic E-state index is 0.359. The lowest BCUT2D eigenvalue weighted by Crippen LogP contribution is -2.15. The maximum Gasteiger partial charge on any atom is 0.339 e. The molecule has 0 unspecified atom stereocenters. The molecule has 3 N–H and O–H groups in total. The van der Waals surface area contributed by atoms with Gasteiger partial charge < -0.3 is 15.8 Å². The Labute approximate surface area is 96.9 Å². The Morgan fingerprint density at radius 1 is 1.60 bits per heavy atom. The molecular formula is C10H13BrN2O2. The molecule has 1 rings (SSSR count). The lowest BCUT2D eigenvalue weighted by Gasteiger charge is -2.10. The zero-order valence-corrected chi connectivity index (χ0v) is 10.0. The molecule has 4 nitrogen and oxygen atoms in total. The molecule has 0 spiro atoms. The van der Waals surface area contributed by atoms with Crippen LogP contribution in [0, 0.1) is 0 Å². The van der Waals surface area contributed by atoms with E-state index in [1.54, 1.807) is 12.1 Å². The summed E-state index contributed by atoms with van der Waals surface area (Å²) in [4.78, 5) is 11.4. The number of hydrogen-bond donors (Lipinski definition) is 2. The van der Waals surface area contributed by atoms with Gasteiger partial charge in [0.05, 0.1) is 12.7 Å². The number of esters is 1. The highest BCUT2D eigenvalue weighted by molar-refractivity contribution is 9.10. The van der Waals surface area contributed by atoms with Gasteiger partial charge in [0.1, 0.15) is 0 Å². The number of halogens is 1. The highest BCUT2D eigenvalue weighted by Gasteiger charge is 2.11. The van der Waals surface area contributed by atoms with Crippen molar-refractivity contribution in [1.82, 2.24) is 0 Å². The van der Waals surface area contributed by atoms with Crippen molar-refractivity contribution in [3.8, 4) is 0 Å². The summed E-state index contributed by atoms with van der Waals surface area (Å²) >= 11 is 3.34. The van der Waals surface area contributed by atoms with Crippen LogP contribution in [0.1, 0.15) is 10.4 Å². The maximum atomic E-state index is 11.4. The van der Waals surface area contributed by atoms with Crippen LogP contribution in [0.5, 0.6) is 0 Å². The molecule has 0 saturated carbocycles. The number of methoxy groups -OCH3 is 1. The van der Waals surface area contributed by atoms with Crippen LogP contribution in [0.3, 0.4) is 0 Å². The molecule has 0 bridgehead atoms. The average Bonchev–Trinajstić information content (AvgIpc) is 2.25. The highest BCUT2D eigenvalue weighted by Crippen LogP contribution is 2.21. The van der Waals surface area contributed by atoms with E-state index in [1.165, 1.54) is 7.11 Å². The molecule has 0 heterocycles. The quantitative estimate of drug-likeness (QED) is 0.818. The largest absolute Gasteiger partial charge is 0.465 e. The summed E-state index contributed by atoms with van der Waals surface area (Å²) in [6.45, 7) is 1.12. The number of anilines is 1. The van der Waals surface area contributed by atoms with Crippen LogP contribution >= 0.6 is 15.9 Å². The van der Waals surface area contributed by atoms with Crippen LogP contribution in [0.25, 0.3) is 0 Å². The number of ether oxygens (including phenoxy) is 1. The van der Waals surface area contributed by atoms with Crippen molar-refractivity contribution in [2.75, 3.05) is 25.5 Å². The van der Waals surface area contributed by atoms with E-state index in [0.717, 1.165) is 10.2 Å². The molecule has 1 aromatic carbocycles. The fourth-order valence-electron chi connectivity index (χ4n) is 1.16. The van der Waals surface area contributed by atoms with Crippen molar-refractivity contribution in [2.24, 2.45) is 5.73 Å². The topological polar surface area (TPSA) is 64.3 Å². The number of nitrogens with one attached hydrogen (secondary N) is 1.